The van der Waals surface area contributed by atoms with Crippen molar-refractivity contribution in [3.05, 3.63) is 46.6 Å². The van der Waals surface area contributed by atoms with Gasteiger partial charge in [0.25, 0.3) is 5.91 Å². The molecule has 0 saturated heterocycles. The van der Waals surface area contributed by atoms with Crippen LogP contribution in [0.15, 0.2) is 24.3 Å². The largest absolute Gasteiger partial charge is 0.493 e. The zero-order chi connectivity index (χ0) is 24.6. The minimum Gasteiger partial charge on any atom is -0.493 e. The minimum atomic E-state index is -0.630. The van der Waals surface area contributed by atoms with Gasteiger partial charge in [0.15, 0.2) is 28.7 Å². The molecular weight excluding hydrogens is 442 g/mol. The number of carbonyl (C=O) groups excluding carboxylic acids is 2. The number of esters is 1. The van der Waals surface area contributed by atoms with Gasteiger partial charge in [-0.25, -0.2) is 4.79 Å². The summed E-state index contributed by atoms with van der Waals surface area (Å²) < 4.78 is 28.0. The van der Waals surface area contributed by atoms with Gasteiger partial charge in [0.2, 0.25) is 0 Å². The van der Waals surface area contributed by atoms with Gasteiger partial charge in [-0.3, -0.25) is 9.48 Å². The molecule has 2 aromatic carbocycles. The number of fused-ring (bicyclic) bond motifs is 3. The molecule has 4 rings (SSSR count). The van der Waals surface area contributed by atoms with Crippen LogP contribution in [0.25, 0.3) is 11.3 Å². The molecule has 0 atom stereocenters. The summed E-state index contributed by atoms with van der Waals surface area (Å²) in [7, 11) is 9.11. The highest BCUT2D eigenvalue weighted by molar-refractivity contribution is 6.09. The van der Waals surface area contributed by atoms with Gasteiger partial charge in [-0.1, -0.05) is 0 Å². The van der Waals surface area contributed by atoms with Crippen molar-refractivity contribution in [3.8, 4) is 34.3 Å². The first-order chi connectivity index (χ1) is 16.4. The number of carbonyl (C=O) groups is 2. The van der Waals surface area contributed by atoms with Crippen LogP contribution in [0, 0.1) is 0 Å². The SMILES string of the molecule is COC(=O)c1cc(OC)c(OC)cc1NC(=O)c1nn(C)c2c1Cc1cc(OC)c(OC)cc1-2. The molecule has 1 N–H and O–H groups in total. The Morgan fingerprint density at radius 2 is 1.47 bits per heavy atom. The number of amides is 1. The Balaban J connectivity index is 1.74. The number of anilines is 1. The van der Waals surface area contributed by atoms with Crippen LogP contribution in [0.1, 0.15) is 32.0 Å². The normalized spacial score (nSPS) is 11.4. The molecule has 0 bridgehead atoms. The van der Waals surface area contributed by atoms with E-state index in [-0.39, 0.29) is 16.9 Å². The van der Waals surface area contributed by atoms with Crippen molar-refractivity contribution < 1.29 is 33.3 Å². The van der Waals surface area contributed by atoms with Gasteiger partial charge >= 0.3 is 5.97 Å². The van der Waals surface area contributed by atoms with E-state index in [0.717, 1.165) is 22.4 Å². The van der Waals surface area contributed by atoms with E-state index in [2.05, 4.69) is 10.4 Å². The predicted octanol–water partition coefficient (Wildman–Crippen LogP) is 3.06. The number of aromatic nitrogens is 2. The Kier molecular flexibility index (Phi) is 6.06. The molecule has 1 amide bonds. The number of aryl methyl sites for hydroxylation is 1. The molecule has 0 saturated carbocycles. The van der Waals surface area contributed by atoms with Gasteiger partial charge in [-0.2, -0.15) is 5.10 Å². The zero-order valence-corrected chi connectivity index (χ0v) is 19.8. The van der Waals surface area contributed by atoms with Crippen molar-refractivity contribution in [1.82, 2.24) is 9.78 Å². The van der Waals surface area contributed by atoms with Gasteiger partial charge < -0.3 is 29.0 Å². The molecule has 10 heteroatoms. The molecule has 0 spiro atoms. The van der Waals surface area contributed by atoms with Crippen molar-refractivity contribution >= 4 is 17.6 Å². The van der Waals surface area contributed by atoms with Gasteiger partial charge in [0, 0.05) is 36.7 Å². The van der Waals surface area contributed by atoms with Crippen LogP contribution in [0.5, 0.6) is 23.0 Å². The average Bonchev–Trinajstić information content (AvgIpc) is 3.38. The molecule has 0 unspecified atom stereocenters. The predicted molar refractivity (Wildman–Crippen MR) is 123 cm³/mol. The topological polar surface area (TPSA) is 110 Å². The second kappa shape index (κ2) is 8.97. The van der Waals surface area contributed by atoms with Crippen LogP contribution in [0.3, 0.4) is 0 Å². The zero-order valence-electron chi connectivity index (χ0n) is 19.8. The average molecular weight is 467 g/mol. The van der Waals surface area contributed by atoms with Gasteiger partial charge in [-0.05, 0) is 17.7 Å². The number of hydrogen-bond acceptors (Lipinski definition) is 8. The van der Waals surface area contributed by atoms with Crippen LogP contribution in [-0.4, -0.2) is 57.2 Å². The Hall–Kier alpha value is -4.21. The maximum Gasteiger partial charge on any atom is 0.340 e. The second-order valence-electron chi connectivity index (χ2n) is 7.54. The fourth-order valence-electron chi connectivity index (χ4n) is 4.18. The summed E-state index contributed by atoms with van der Waals surface area (Å²) in [6, 6.07) is 6.75. The first-order valence-corrected chi connectivity index (χ1v) is 10.3. The standard InChI is InChI=1S/C24H25N3O7/c1-27-22-13-9-18(31-3)17(30-2)8-12(13)7-15(22)21(26-27)23(28)25-16-11-20(33-5)19(32-4)10-14(16)24(29)34-6/h8-11H,7H2,1-6H3,(H,25,28). The molecule has 1 heterocycles. The van der Waals surface area contributed by atoms with Crippen LogP contribution in [0.4, 0.5) is 5.69 Å². The maximum atomic E-state index is 13.3. The first-order valence-electron chi connectivity index (χ1n) is 10.3. The summed E-state index contributed by atoms with van der Waals surface area (Å²) in [5.41, 5.74) is 4.09. The van der Waals surface area contributed by atoms with Crippen LogP contribution in [0.2, 0.25) is 0 Å². The van der Waals surface area contributed by atoms with Crippen LogP contribution >= 0.6 is 0 Å². The Labute approximate surface area is 196 Å². The highest BCUT2D eigenvalue weighted by Crippen LogP contribution is 2.44. The molecule has 1 aromatic heterocycles. The van der Waals surface area contributed by atoms with E-state index in [0.29, 0.717) is 29.4 Å². The molecule has 1 aliphatic carbocycles. The molecule has 0 aliphatic heterocycles. The van der Waals surface area contributed by atoms with E-state index in [1.165, 1.54) is 33.5 Å². The van der Waals surface area contributed by atoms with Crippen LogP contribution in [-0.2, 0) is 18.2 Å². The van der Waals surface area contributed by atoms with Gasteiger partial charge in [0.1, 0.15) is 0 Å². The van der Waals surface area contributed by atoms with Gasteiger partial charge in [-0.15, -0.1) is 0 Å². The summed E-state index contributed by atoms with van der Waals surface area (Å²) in [5.74, 6) is 0.784. The molecule has 3 aromatic rings. The summed E-state index contributed by atoms with van der Waals surface area (Å²) in [6.45, 7) is 0. The number of hydrogen-bond donors (Lipinski definition) is 1. The maximum absolute atomic E-state index is 13.3. The molecule has 0 fully saturated rings. The Morgan fingerprint density at radius 3 is 2.09 bits per heavy atom. The third-order valence-corrected chi connectivity index (χ3v) is 5.77. The van der Waals surface area contributed by atoms with E-state index in [9.17, 15) is 9.59 Å². The monoisotopic (exact) mass is 467 g/mol. The smallest absolute Gasteiger partial charge is 0.340 e. The highest BCUT2D eigenvalue weighted by Gasteiger charge is 2.31. The molecule has 34 heavy (non-hydrogen) atoms. The lowest BCUT2D eigenvalue weighted by atomic mass is 10.1. The van der Waals surface area contributed by atoms with E-state index in [4.69, 9.17) is 23.7 Å². The van der Waals surface area contributed by atoms with Gasteiger partial charge in [0.05, 0.1) is 52.5 Å². The van der Waals surface area contributed by atoms with Crippen molar-refractivity contribution in [2.24, 2.45) is 7.05 Å². The number of benzene rings is 2. The number of nitrogens with one attached hydrogen (secondary N) is 1. The summed E-state index contributed by atoms with van der Waals surface area (Å²) in [5, 5.41) is 7.24. The lowest BCUT2D eigenvalue weighted by Gasteiger charge is -2.14. The lowest BCUT2D eigenvalue weighted by Crippen LogP contribution is -2.18. The molecule has 10 nitrogen and oxygen atoms in total. The van der Waals surface area contributed by atoms with Crippen LogP contribution < -0.4 is 24.3 Å². The number of methoxy groups -OCH3 is 5. The lowest BCUT2D eigenvalue weighted by molar-refractivity contribution is 0.0601. The van der Waals surface area contributed by atoms with Crippen molar-refractivity contribution in [2.75, 3.05) is 40.9 Å². The summed E-state index contributed by atoms with van der Waals surface area (Å²) >= 11 is 0. The van der Waals surface area contributed by atoms with Crippen molar-refractivity contribution in [1.29, 1.82) is 0 Å². The first kappa shape index (κ1) is 23.0. The quantitative estimate of drug-likeness (QED) is 0.413. The van der Waals surface area contributed by atoms with E-state index < -0.39 is 11.9 Å². The summed E-state index contributed by atoms with van der Waals surface area (Å²) in [6.07, 6.45) is 0.497. The number of ether oxygens (including phenoxy) is 5. The molecule has 1 aliphatic rings. The summed E-state index contributed by atoms with van der Waals surface area (Å²) in [4.78, 5) is 25.7. The molecule has 0 radical (unpaired) electrons. The van der Waals surface area contributed by atoms with E-state index >= 15 is 0 Å². The number of nitrogens with zero attached hydrogens (tertiary/aromatic N) is 2. The third kappa shape index (κ3) is 3.66. The van der Waals surface area contributed by atoms with E-state index in [1.54, 1.807) is 25.9 Å². The highest BCUT2D eigenvalue weighted by atomic mass is 16.5. The molecule has 178 valence electrons. The minimum absolute atomic E-state index is 0.124. The number of rotatable bonds is 7. The fourth-order valence-corrected chi connectivity index (χ4v) is 4.18. The third-order valence-electron chi connectivity index (χ3n) is 5.77. The van der Waals surface area contributed by atoms with E-state index in [1.807, 2.05) is 12.1 Å². The fraction of sp³-hybridized carbons (Fsp3) is 0.292. The Bertz CT molecular complexity index is 1300. The van der Waals surface area contributed by atoms with Crippen molar-refractivity contribution in [2.45, 2.75) is 6.42 Å². The van der Waals surface area contributed by atoms with Crippen molar-refractivity contribution in [3.63, 3.8) is 0 Å². The second-order valence-corrected chi connectivity index (χ2v) is 7.54. The molecular formula is C24H25N3O7. The Morgan fingerprint density at radius 1 is 0.882 bits per heavy atom.